The Hall–Kier alpha value is -4.34. The predicted octanol–water partition coefficient (Wildman–Crippen LogP) is 0.260. The van der Waals surface area contributed by atoms with E-state index in [1.54, 1.807) is 40.0 Å². The summed E-state index contributed by atoms with van der Waals surface area (Å²) >= 11 is 0. The van der Waals surface area contributed by atoms with Crippen molar-refractivity contribution in [1.82, 2.24) is 25.4 Å². The zero-order valence-corrected chi connectivity index (χ0v) is 32.9. The van der Waals surface area contributed by atoms with Crippen LogP contribution in [0.15, 0.2) is 33.8 Å². The van der Waals surface area contributed by atoms with Crippen LogP contribution in [-0.2, 0) is 41.7 Å². The van der Waals surface area contributed by atoms with Crippen LogP contribution in [-0.4, -0.2) is 120 Å². The standard InChI is InChI=1S/C36H44N8O10S2/c1-13-23(30(47)21-17(11-53-34(38)49)25-32(51-3)19(37)9-43(25)26(21)28(13)45)40-7-15-5-6-16(56-55-15)8-41-24-14(2)29(46)27-22(31(24)48)18(12-54-35(39)50)36(52-4)33-20(42-33)10-44(27)36/h15-16,18-20,32-33,40-42H,5-12,37H2,1-4H3,(H2,38,49)(H2,39,50)/t15-,16+,18?,19+,20+,32?,33+,36-/m1/s1. The smallest absolute Gasteiger partial charge is 0.404 e. The second-order valence-corrected chi connectivity index (χ2v) is 17.9. The van der Waals surface area contributed by atoms with Gasteiger partial charge in [0.15, 0.2) is 5.72 Å². The first-order chi connectivity index (χ1) is 26.7. The van der Waals surface area contributed by atoms with Crippen molar-refractivity contribution < 1.29 is 47.7 Å². The molecule has 1 aromatic heterocycles. The molecule has 8 rings (SSSR count). The Kier molecular flexibility index (Phi) is 9.80. The van der Waals surface area contributed by atoms with E-state index >= 15 is 0 Å². The number of nitrogens with zero attached hydrogens (tertiary/aromatic N) is 2. The van der Waals surface area contributed by atoms with Gasteiger partial charge in [-0.2, -0.15) is 0 Å². The van der Waals surface area contributed by atoms with Crippen LogP contribution in [0.3, 0.4) is 0 Å². The van der Waals surface area contributed by atoms with Gasteiger partial charge >= 0.3 is 12.2 Å². The summed E-state index contributed by atoms with van der Waals surface area (Å²) < 4.78 is 23.7. The number of allylic oxidation sites excluding steroid dienone is 4. The fraction of sp³-hybridized carbons (Fsp3) is 0.556. The van der Waals surface area contributed by atoms with Crippen molar-refractivity contribution in [1.29, 1.82) is 0 Å². The first-order valence-electron chi connectivity index (χ1n) is 18.4. The molecule has 6 heterocycles. The lowest BCUT2D eigenvalue weighted by Crippen LogP contribution is -2.55. The summed E-state index contributed by atoms with van der Waals surface area (Å²) in [5.41, 5.74) is 18.6. The average Bonchev–Trinajstić information content (AvgIpc) is 3.46. The van der Waals surface area contributed by atoms with E-state index in [1.807, 2.05) is 4.90 Å². The quantitative estimate of drug-likeness (QED) is 0.0939. The number of methoxy groups -OCH3 is 2. The third-order valence-electron chi connectivity index (χ3n) is 12.0. The van der Waals surface area contributed by atoms with Crippen LogP contribution < -0.4 is 33.2 Å². The number of carbonyl (C=O) groups excluding carboxylic acids is 6. The van der Waals surface area contributed by atoms with Crippen LogP contribution in [0.25, 0.3) is 0 Å². The van der Waals surface area contributed by atoms with Gasteiger partial charge in [-0.15, -0.1) is 0 Å². The number of piperazine rings is 1. The van der Waals surface area contributed by atoms with Gasteiger partial charge in [-0.1, -0.05) is 21.6 Å². The number of nitrogens with two attached hydrogens (primary N) is 3. The highest BCUT2D eigenvalue weighted by atomic mass is 33.1. The number of primary amides is 2. The molecule has 0 bridgehead atoms. The van der Waals surface area contributed by atoms with E-state index in [0.29, 0.717) is 42.2 Å². The zero-order valence-electron chi connectivity index (χ0n) is 31.2. The largest absolute Gasteiger partial charge is 0.449 e. The van der Waals surface area contributed by atoms with Crippen molar-refractivity contribution in [2.75, 3.05) is 40.5 Å². The molecule has 20 heteroatoms. The second kappa shape index (κ2) is 14.2. The summed E-state index contributed by atoms with van der Waals surface area (Å²) in [7, 11) is 6.30. The fourth-order valence-electron chi connectivity index (χ4n) is 9.40. The molecular formula is C36H44N8O10S2. The van der Waals surface area contributed by atoms with Crippen LogP contribution in [0.5, 0.6) is 0 Å². The minimum atomic E-state index is -1.05. The van der Waals surface area contributed by atoms with Gasteiger partial charge in [0.2, 0.25) is 23.1 Å². The van der Waals surface area contributed by atoms with E-state index in [1.165, 1.54) is 14.2 Å². The third-order valence-corrected chi connectivity index (χ3v) is 15.5. The van der Waals surface area contributed by atoms with Crippen LogP contribution in [0, 0.1) is 5.92 Å². The molecule has 56 heavy (non-hydrogen) atoms. The number of aromatic nitrogens is 1. The van der Waals surface area contributed by atoms with Crippen molar-refractivity contribution >= 4 is 56.9 Å². The van der Waals surface area contributed by atoms with Crippen molar-refractivity contribution in [3.63, 3.8) is 0 Å². The number of carbonyl (C=O) groups is 6. The molecule has 0 aromatic carbocycles. The van der Waals surface area contributed by atoms with Gasteiger partial charge in [0.05, 0.1) is 46.4 Å². The lowest BCUT2D eigenvalue weighted by atomic mass is 9.82. The Labute approximate surface area is 329 Å². The number of Topliss-reactive ketones (excluding diaryl/α,β-unsaturated/α-hetero) is 4. The molecule has 9 N–H and O–H groups in total. The van der Waals surface area contributed by atoms with Crippen LogP contribution >= 0.6 is 21.6 Å². The van der Waals surface area contributed by atoms with Crippen molar-refractivity contribution in [2.45, 2.75) is 80.3 Å². The molecule has 0 radical (unpaired) electrons. The van der Waals surface area contributed by atoms with Gasteiger partial charge in [-0.3, -0.25) is 19.2 Å². The molecule has 2 aliphatic carbocycles. The molecule has 3 saturated heterocycles. The van der Waals surface area contributed by atoms with E-state index in [0.717, 1.165) is 12.8 Å². The van der Waals surface area contributed by atoms with Gasteiger partial charge in [-0.25, -0.2) is 9.59 Å². The number of amides is 2. The van der Waals surface area contributed by atoms with Crippen LogP contribution in [0.1, 0.15) is 64.9 Å². The van der Waals surface area contributed by atoms with Crippen molar-refractivity contribution in [3.05, 3.63) is 56.3 Å². The number of fused-ring (bicyclic) bond motifs is 7. The van der Waals surface area contributed by atoms with E-state index in [4.69, 9.17) is 36.1 Å². The topological polar surface area (TPSA) is 272 Å². The summed E-state index contributed by atoms with van der Waals surface area (Å²) in [6.07, 6.45) is -1.06. The maximum atomic E-state index is 14.2. The summed E-state index contributed by atoms with van der Waals surface area (Å²) in [6.45, 7) is 4.30. The summed E-state index contributed by atoms with van der Waals surface area (Å²) in [6, 6.07) is -0.505. The van der Waals surface area contributed by atoms with E-state index in [9.17, 15) is 28.8 Å². The van der Waals surface area contributed by atoms with Crippen molar-refractivity contribution in [2.24, 2.45) is 23.1 Å². The average molecular weight is 813 g/mol. The van der Waals surface area contributed by atoms with Gasteiger partial charge in [0.1, 0.15) is 25.0 Å². The van der Waals surface area contributed by atoms with E-state index in [2.05, 4.69) is 16.0 Å². The third kappa shape index (κ3) is 5.78. The monoisotopic (exact) mass is 812 g/mol. The Morgan fingerprint density at radius 1 is 0.893 bits per heavy atom. The normalized spacial score (nSPS) is 31.7. The Balaban J connectivity index is 0.911. The lowest BCUT2D eigenvalue weighted by molar-refractivity contribution is -0.137. The zero-order chi connectivity index (χ0) is 40.0. The Morgan fingerprint density at radius 2 is 1.52 bits per heavy atom. The number of rotatable bonds is 12. The number of hydrogen-bond donors (Lipinski definition) is 6. The predicted molar refractivity (Wildman–Crippen MR) is 202 cm³/mol. The van der Waals surface area contributed by atoms with Gasteiger partial charge in [-0.05, 0) is 26.7 Å². The fourth-order valence-corrected chi connectivity index (χ4v) is 12.4. The molecule has 0 saturated carbocycles. The minimum Gasteiger partial charge on any atom is -0.449 e. The highest BCUT2D eigenvalue weighted by molar-refractivity contribution is 8.77. The Morgan fingerprint density at radius 3 is 2.11 bits per heavy atom. The molecule has 5 aliphatic heterocycles. The summed E-state index contributed by atoms with van der Waals surface area (Å²) in [5.74, 6) is -2.03. The highest BCUT2D eigenvalue weighted by Crippen LogP contribution is 2.56. The van der Waals surface area contributed by atoms with Gasteiger partial charge in [0, 0.05) is 79.2 Å². The number of hydrogen-bond acceptors (Lipinski definition) is 17. The molecule has 2 unspecified atom stereocenters. The number of nitrogens with one attached hydrogen (secondary N) is 3. The molecule has 0 spiro atoms. The number of ether oxygens (including phenoxy) is 4. The van der Waals surface area contributed by atoms with Gasteiger partial charge < -0.3 is 61.6 Å². The van der Waals surface area contributed by atoms with Crippen LogP contribution in [0.4, 0.5) is 9.59 Å². The number of ketones is 4. The SMILES string of the molecule is COC1c2c(COC(N)=O)c3c(n2C[C@@H]1N)C(=O)C(C)=C(NC[C@H]1CC[C@@H](CNC2=C(C)C(=O)C4=C(C2=O)C(COC(N)=O)[C@@]2(OC)[C@H]5N[C@H]5CN42)SS1)C3=O. The molecule has 18 nitrogen and oxygen atoms in total. The summed E-state index contributed by atoms with van der Waals surface area (Å²) in [4.78, 5) is 81.0. The van der Waals surface area contributed by atoms with E-state index < -0.39 is 36.0 Å². The summed E-state index contributed by atoms with van der Waals surface area (Å²) in [5, 5.41) is 10.1. The Bertz CT molecular complexity index is 2070. The molecule has 8 atom stereocenters. The van der Waals surface area contributed by atoms with Crippen molar-refractivity contribution in [3.8, 4) is 0 Å². The first-order valence-corrected chi connectivity index (χ1v) is 20.6. The molecular weight excluding hydrogens is 769 g/mol. The molecule has 3 fully saturated rings. The van der Waals surface area contributed by atoms with Crippen LogP contribution in [0.2, 0.25) is 0 Å². The molecule has 1 aromatic rings. The maximum Gasteiger partial charge on any atom is 0.404 e. The maximum absolute atomic E-state index is 14.2. The molecule has 2 amide bonds. The lowest BCUT2D eigenvalue weighted by Gasteiger charge is -2.39. The molecule has 300 valence electrons. The second-order valence-electron chi connectivity index (χ2n) is 15.0. The highest BCUT2D eigenvalue weighted by Gasteiger charge is 2.72. The first kappa shape index (κ1) is 38.5. The van der Waals surface area contributed by atoms with E-state index in [-0.39, 0.29) is 99.3 Å². The molecule has 7 aliphatic rings. The minimum absolute atomic E-state index is 0.0861. The van der Waals surface area contributed by atoms with Gasteiger partial charge in [0.25, 0.3) is 0 Å².